The minimum atomic E-state index is -0.297. The number of hydrogen-bond donors (Lipinski definition) is 2. The molecule has 0 aliphatic rings. The summed E-state index contributed by atoms with van der Waals surface area (Å²) in [6, 6.07) is 7.18. The van der Waals surface area contributed by atoms with Crippen molar-refractivity contribution in [2.75, 3.05) is 24.3 Å². The third-order valence-electron chi connectivity index (χ3n) is 2.67. The van der Waals surface area contributed by atoms with E-state index in [0.717, 1.165) is 0 Å². The maximum Gasteiger partial charge on any atom is 0.258 e. The van der Waals surface area contributed by atoms with Gasteiger partial charge in [-0.2, -0.15) is 0 Å². The van der Waals surface area contributed by atoms with Gasteiger partial charge >= 0.3 is 0 Å². The molecule has 6 nitrogen and oxygen atoms in total. The molecule has 2 rings (SSSR count). The van der Waals surface area contributed by atoms with Gasteiger partial charge in [0.25, 0.3) is 5.91 Å². The van der Waals surface area contributed by atoms with Crippen LogP contribution in [0.1, 0.15) is 10.4 Å². The molecule has 0 aliphatic heterocycles. The molecule has 0 atom stereocenters. The van der Waals surface area contributed by atoms with Crippen molar-refractivity contribution in [1.29, 1.82) is 0 Å². The molecule has 6 heteroatoms. The van der Waals surface area contributed by atoms with E-state index in [2.05, 4.69) is 27.2 Å². The van der Waals surface area contributed by atoms with E-state index in [1.165, 1.54) is 12.4 Å². The first-order chi connectivity index (χ1) is 10.2. The van der Waals surface area contributed by atoms with Gasteiger partial charge in [-0.3, -0.25) is 4.79 Å². The zero-order chi connectivity index (χ0) is 15.1. The van der Waals surface area contributed by atoms with Crippen molar-refractivity contribution in [1.82, 2.24) is 9.97 Å². The molecular weight excluding hydrogens is 268 g/mol. The van der Waals surface area contributed by atoms with Crippen molar-refractivity contribution in [2.24, 2.45) is 0 Å². The lowest BCUT2D eigenvalue weighted by Crippen LogP contribution is -2.14. The highest BCUT2D eigenvalue weighted by atomic mass is 16.5. The summed E-state index contributed by atoms with van der Waals surface area (Å²) in [7, 11) is 1.55. The fourth-order valence-corrected chi connectivity index (χ4v) is 1.64. The van der Waals surface area contributed by atoms with Crippen LogP contribution in [-0.2, 0) is 0 Å². The normalized spacial score (nSPS) is 9.76. The topological polar surface area (TPSA) is 76.1 Å². The van der Waals surface area contributed by atoms with Crippen molar-refractivity contribution >= 4 is 17.5 Å². The highest BCUT2D eigenvalue weighted by Gasteiger charge is 2.10. The summed E-state index contributed by atoms with van der Waals surface area (Å²) in [6.45, 7) is 4.15. The molecule has 2 aromatic rings. The maximum absolute atomic E-state index is 12.1. The number of carbonyl (C=O) groups is 1. The number of methoxy groups -OCH3 is 1. The van der Waals surface area contributed by atoms with Gasteiger partial charge < -0.3 is 15.4 Å². The van der Waals surface area contributed by atoms with Crippen LogP contribution in [-0.4, -0.2) is 29.5 Å². The molecule has 0 unspecified atom stereocenters. The Labute approximate surface area is 122 Å². The van der Waals surface area contributed by atoms with Crippen molar-refractivity contribution in [2.45, 2.75) is 0 Å². The van der Waals surface area contributed by atoms with Gasteiger partial charge in [0.15, 0.2) is 0 Å². The standard InChI is InChI=1S/C15H16N4O2/c1-3-8-16-15-17-9-11(10-18-15)14(20)19-12-6-4-5-7-13(12)21-2/h3-7,9-10H,1,8H2,2H3,(H,19,20)(H,16,17,18). The molecule has 0 radical (unpaired) electrons. The second-order valence-corrected chi connectivity index (χ2v) is 4.12. The summed E-state index contributed by atoms with van der Waals surface area (Å²) in [6.07, 6.45) is 4.62. The summed E-state index contributed by atoms with van der Waals surface area (Å²) in [5.41, 5.74) is 0.962. The van der Waals surface area contributed by atoms with E-state index in [0.29, 0.717) is 29.5 Å². The molecule has 1 aromatic heterocycles. The van der Waals surface area contributed by atoms with Crippen molar-refractivity contribution in [3.8, 4) is 5.75 Å². The zero-order valence-electron chi connectivity index (χ0n) is 11.7. The van der Waals surface area contributed by atoms with E-state index in [4.69, 9.17) is 4.74 Å². The van der Waals surface area contributed by atoms with Gasteiger partial charge in [-0.05, 0) is 12.1 Å². The molecule has 0 saturated heterocycles. The van der Waals surface area contributed by atoms with Crippen LogP contribution in [0, 0.1) is 0 Å². The number of rotatable bonds is 6. The van der Waals surface area contributed by atoms with Gasteiger partial charge in [0.05, 0.1) is 18.4 Å². The lowest BCUT2D eigenvalue weighted by atomic mass is 10.2. The first kappa shape index (κ1) is 14.5. The number of anilines is 2. The molecule has 0 spiro atoms. The zero-order valence-corrected chi connectivity index (χ0v) is 11.7. The largest absolute Gasteiger partial charge is 0.495 e. The lowest BCUT2D eigenvalue weighted by Gasteiger charge is -2.09. The Morgan fingerprint density at radius 3 is 2.71 bits per heavy atom. The van der Waals surface area contributed by atoms with E-state index in [1.807, 2.05) is 12.1 Å². The molecule has 0 aliphatic carbocycles. The second-order valence-electron chi connectivity index (χ2n) is 4.12. The van der Waals surface area contributed by atoms with E-state index in [9.17, 15) is 4.79 Å². The molecule has 0 bridgehead atoms. The Morgan fingerprint density at radius 1 is 1.33 bits per heavy atom. The molecule has 2 N–H and O–H groups in total. The minimum absolute atomic E-state index is 0.297. The predicted octanol–water partition coefficient (Wildman–Crippen LogP) is 2.34. The van der Waals surface area contributed by atoms with Crippen LogP contribution in [0.2, 0.25) is 0 Å². The highest BCUT2D eigenvalue weighted by Crippen LogP contribution is 2.23. The van der Waals surface area contributed by atoms with Crippen LogP contribution in [0.25, 0.3) is 0 Å². The Kier molecular flexibility index (Phi) is 4.87. The van der Waals surface area contributed by atoms with Gasteiger partial charge in [-0.1, -0.05) is 18.2 Å². The molecule has 1 heterocycles. The van der Waals surface area contributed by atoms with Gasteiger partial charge in [0.2, 0.25) is 5.95 Å². The molecule has 1 amide bonds. The summed E-state index contributed by atoms with van der Waals surface area (Å²) < 4.78 is 5.18. The fourth-order valence-electron chi connectivity index (χ4n) is 1.64. The van der Waals surface area contributed by atoms with Gasteiger partial charge in [-0.15, -0.1) is 6.58 Å². The smallest absolute Gasteiger partial charge is 0.258 e. The fraction of sp³-hybridized carbons (Fsp3) is 0.133. The average molecular weight is 284 g/mol. The van der Waals surface area contributed by atoms with E-state index < -0.39 is 0 Å². The van der Waals surface area contributed by atoms with E-state index in [1.54, 1.807) is 25.3 Å². The summed E-state index contributed by atoms with van der Waals surface area (Å²) in [5.74, 6) is 0.745. The maximum atomic E-state index is 12.1. The lowest BCUT2D eigenvalue weighted by molar-refractivity contribution is 0.102. The number of ether oxygens (including phenoxy) is 1. The number of amides is 1. The van der Waals surface area contributed by atoms with Gasteiger partial charge in [0.1, 0.15) is 5.75 Å². The Hall–Kier alpha value is -2.89. The minimum Gasteiger partial charge on any atom is -0.495 e. The Balaban J connectivity index is 2.07. The third-order valence-corrected chi connectivity index (χ3v) is 2.67. The molecular formula is C15H16N4O2. The van der Waals surface area contributed by atoms with E-state index >= 15 is 0 Å². The number of hydrogen-bond acceptors (Lipinski definition) is 5. The SMILES string of the molecule is C=CCNc1ncc(C(=O)Nc2ccccc2OC)cn1. The van der Waals surface area contributed by atoms with Gasteiger partial charge in [-0.25, -0.2) is 9.97 Å². The van der Waals surface area contributed by atoms with Crippen LogP contribution >= 0.6 is 0 Å². The van der Waals surface area contributed by atoms with Crippen LogP contribution in [0.5, 0.6) is 5.75 Å². The molecule has 1 aromatic carbocycles. The Morgan fingerprint density at radius 2 is 2.05 bits per heavy atom. The van der Waals surface area contributed by atoms with Crippen LogP contribution in [0.4, 0.5) is 11.6 Å². The monoisotopic (exact) mass is 284 g/mol. The Bertz CT molecular complexity index is 626. The predicted molar refractivity (Wildman–Crippen MR) is 81.7 cm³/mol. The number of nitrogens with zero attached hydrogens (tertiary/aromatic N) is 2. The first-order valence-corrected chi connectivity index (χ1v) is 6.35. The summed E-state index contributed by atoms with van der Waals surface area (Å²) in [4.78, 5) is 20.2. The molecule has 0 saturated carbocycles. The molecule has 21 heavy (non-hydrogen) atoms. The number of carbonyl (C=O) groups excluding carboxylic acids is 1. The quantitative estimate of drug-likeness (QED) is 0.796. The van der Waals surface area contributed by atoms with Crippen molar-refractivity contribution in [3.05, 3.63) is 54.9 Å². The average Bonchev–Trinajstić information content (AvgIpc) is 2.54. The summed E-state index contributed by atoms with van der Waals surface area (Å²) in [5, 5.41) is 5.70. The van der Waals surface area contributed by atoms with Crippen molar-refractivity contribution < 1.29 is 9.53 Å². The second kappa shape index (κ2) is 7.04. The first-order valence-electron chi connectivity index (χ1n) is 6.35. The number of benzene rings is 1. The number of aromatic nitrogens is 2. The molecule has 108 valence electrons. The van der Waals surface area contributed by atoms with Crippen LogP contribution < -0.4 is 15.4 Å². The van der Waals surface area contributed by atoms with Gasteiger partial charge in [0, 0.05) is 18.9 Å². The molecule has 0 fully saturated rings. The van der Waals surface area contributed by atoms with Crippen LogP contribution in [0.3, 0.4) is 0 Å². The summed E-state index contributed by atoms with van der Waals surface area (Å²) >= 11 is 0. The van der Waals surface area contributed by atoms with Crippen LogP contribution in [0.15, 0.2) is 49.3 Å². The highest BCUT2D eigenvalue weighted by molar-refractivity contribution is 6.04. The third kappa shape index (κ3) is 3.79. The van der Waals surface area contributed by atoms with E-state index in [-0.39, 0.29) is 5.91 Å². The van der Waals surface area contributed by atoms with Crippen molar-refractivity contribution in [3.63, 3.8) is 0 Å². The number of para-hydroxylation sites is 2. The number of nitrogens with one attached hydrogen (secondary N) is 2.